The molecule has 1 fully saturated rings. The summed E-state index contributed by atoms with van der Waals surface area (Å²) in [6.45, 7) is 7.16. The number of carbonyl (C=O) groups is 1. The van der Waals surface area contributed by atoms with Crippen LogP contribution in [0.5, 0.6) is 0 Å². The number of rotatable bonds is 3. The normalized spacial score (nSPS) is 18.5. The maximum atomic E-state index is 12.9. The van der Waals surface area contributed by atoms with E-state index in [0.717, 1.165) is 29.9 Å². The zero-order valence-corrected chi connectivity index (χ0v) is 18.6. The van der Waals surface area contributed by atoms with Gasteiger partial charge in [-0.3, -0.25) is 15.1 Å². The molecular formula is C27H28N4O. The second kappa shape index (κ2) is 8.60. The second-order valence-corrected chi connectivity index (χ2v) is 8.64. The van der Waals surface area contributed by atoms with Crippen molar-refractivity contribution in [3.63, 3.8) is 0 Å². The summed E-state index contributed by atoms with van der Waals surface area (Å²) in [6.07, 6.45) is 0.0111. The van der Waals surface area contributed by atoms with Gasteiger partial charge < -0.3 is 4.90 Å². The topological polar surface area (TPSA) is 47.9 Å². The number of benzene rings is 3. The third kappa shape index (κ3) is 3.92. The minimum absolute atomic E-state index is 0.0111. The largest absolute Gasteiger partial charge is 0.336 e. The fourth-order valence-electron chi connectivity index (χ4n) is 4.48. The smallest absolute Gasteiger partial charge is 0.253 e. The highest BCUT2D eigenvalue weighted by Crippen LogP contribution is 2.29. The Morgan fingerprint density at radius 3 is 2.16 bits per heavy atom. The molecule has 32 heavy (non-hydrogen) atoms. The summed E-state index contributed by atoms with van der Waals surface area (Å²) >= 11 is 0. The van der Waals surface area contributed by atoms with E-state index >= 15 is 0 Å². The third-order valence-electron chi connectivity index (χ3n) is 6.40. The zero-order chi connectivity index (χ0) is 22.1. The van der Waals surface area contributed by atoms with Gasteiger partial charge in [-0.1, -0.05) is 71.8 Å². The molecule has 0 aromatic heterocycles. The van der Waals surface area contributed by atoms with E-state index in [1.807, 2.05) is 36.1 Å². The first-order chi connectivity index (χ1) is 15.6. The lowest BCUT2D eigenvalue weighted by molar-refractivity contribution is 0.0525. The molecule has 3 aromatic carbocycles. The lowest BCUT2D eigenvalue weighted by Gasteiger charge is -2.41. The molecule has 0 saturated carbocycles. The Kier molecular flexibility index (Phi) is 5.50. The molecule has 0 bridgehead atoms. The van der Waals surface area contributed by atoms with E-state index in [2.05, 4.69) is 65.8 Å². The fourth-order valence-corrected chi connectivity index (χ4v) is 4.48. The Bertz CT molecular complexity index is 1140. The zero-order valence-electron chi connectivity index (χ0n) is 18.6. The van der Waals surface area contributed by atoms with Crippen LogP contribution in [0.2, 0.25) is 0 Å². The molecule has 0 spiro atoms. The summed E-state index contributed by atoms with van der Waals surface area (Å²) in [7, 11) is 0. The first-order valence-corrected chi connectivity index (χ1v) is 11.2. The number of hydrazone groups is 1. The Morgan fingerprint density at radius 2 is 1.47 bits per heavy atom. The summed E-state index contributed by atoms with van der Waals surface area (Å²) in [6, 6.07) is 24.8. The maximum Gasteiger partial charge on any atom is 0.253 e. The lowest BCUT2D eigenvalue weighted by atomic mass is 9.94. The van der Waals surface area contributed by atoms with Crippen LogP contribution < -0.4 is 5.43 Å². The quantitative estimate of drug-likeness (QED) is 0.688. The van der Waals surface area contributed by atoms with Gasteiger partial charge in [0.05, 0.1) is 5.71 Å². The van der Waals surface area contributed by atoms with Crippen molar-refractivity contribution in [2.24, 2.45) is 5.10 Å². The molecule has 2 aliphatic heterocycles. The molecular weight excluding hydrogens is 396 g/mol. The summed E-state index contributed by atoms with van der Waals surface area (Å²) in [5.41, 5.74) is 11.1. The van der Waals surface area contributed by atoms with Gasteiger partial charge in [0, 0.05) is 42.9 Å². The van der Waals surface area contributed by atoms with E-state index in [-0.39, 0.29) is 12.1 Å². The molecule has 5 nitrogen and oxygen atoms in total. The minimum atomic E-state index is 0.0111. The first-order valence-electron chi connectivity index (χ1n) is 11.2. The van der Waals surface area contributed by atoms with Gasteiger partial charge in [0.1, 0.15) is 6.17 Å². The molecule has 0 aliphatic carbocycles. The van der Waals surface area contributed by atoms with Crippen molar-refractivity contribution >= 4 is 11.6 Å². The molecule has 1 unspecified atom stereocenters. The molecule has 1 saturated heterocycles. The fraction of sp³-hybridized carbons (Fsp3) is 0.259. The highest BCUT2D eigenvalue weighted by Gasteiger charge is 2.31. The monoisotopic (exact) mass is 424 g/mol. The summed E-state index contributed by atoms with van der Waals surface area (Å²) in [4.78, 5) is 17.2. The summed E-state index contributed by atoms with van der Waals surface area (Å²) < 4.78 is 0. The van der Waals surface area contributed by atoms with Crippen molar-refractivity contribution < 1.29 is 4.79 Å². The van der Waals surface area contributed by atoms with Crippen molar-refractivity contribution in [1.29, 1.82) is 0 Å². The molecule has 3 aromatic rings. The molecule has 5 rings (SSSR count). The Morgan fingerprint density at radius 1 is 0.844 bits per heavy atom. The van der Waals surface area contributed by atoms with E-state index in [1.54, 1.807) is 0 Å². The number of nitrogens with zero attached hydrogens (tertiary/aromatic N) is 3. The third-order valence-corrected chi connectivity index (χ3v) is 6.40. The van der Waals surface area contributed by atoms with Gasteiger partial charge in [-0.05, 0) is 31.5 Å². The number of aryl methyl sites for hydroxylation is 2. The lowest BCUT2D eigenvalue weighted by Crippen LogP contribution is -2.52. The number of piperazine rings is 1. The predicted octanol–water partition coefficient (Wildman–Crippen LogP) is 4.12. The predicted molar refractivity (Wildman–Crippen MR) is 128 cm³/mol. The van der Waals surface area contributed by atoms with Crippen LogP contribution in [-0.4, -0.2) is 47.6 Å². The number of hydrogen-bond donors (Lipinski definition) is 1. The maximum absolute atomic E-state index is 12.9. The molecule has 1 atom stereocenters. The number of fused-ring (bicyclic) bond motifs is 1. The van der Waals surface area contributed by atoms with Crippen LogP contribution in [-0.2, 0) is 0 Å². The minimum Gasteiger partial charge on any atom is -0.336 e. The summed E-state index contributed by atoms with van der Waals surface area (Å²) in [5, 5.41) is 4.78. The van der Waals surface area contributed by atoms with Gasteiger partial charge in [0.25, 0.3) is 5.91 Å². The van der Waals surface area contributed by atoms with Crippen LogP contribution >= 0.6 is 0 Å². The molecule has 2 aliphatic rings. The number of amides is 1. The highest BCUT2D eigenvalue weighted by atomic mass is 16.2. The molecule has 0 radical (unpaired) electrons. The SMILES string of the molecule is Cc1ccc(C(=O)N2CCN(C3NN=C(c4ccc(C)cc4)c4ccccc43)CC2)cc1. The average molecular weight is 425 g/mol. The Labute approximate surface area is 189 Å². The van der Waals surface area contributed by atoms with Gasteiger partial charge in [0.2, 0.25) is 0 Å². The first kappa shape index (κ1) is 20.5. The van der Waals surface area contributed by atoms with Gasteiger partial charge in [-0.25, -0.2) is 0 Å². The van der Waals surface area contributed by atoms with Gasteiger partial charge in [-0.2, -0.15) is 5.10 Å². The average Bonchev–Trinajstić information content (AvgIpc) is 2.84. The highest BCUT2D eigenvalue weighted by molar-refractivity contribution is 6.14. The van der Waals surface area contributed by atoms with Crippen molar-refractivity contribution in [1.82, 2.24) is 15.2 Å². The van der Waals surface area contributed by atoms with Crippen LogP contribution in [0.15, 0.2) is 77.9 Å². The van der Waals surface area contributed by atoms with Crippen LogP contribution in [0.25, 0.3) is 0 Å². The van der Waals surface area contributed by atoms with Crippen molar-refractivity contribution in [3.05, 3.63) is 106 Å². The number of hydrogen-bond acceptors (Lipinski definition) is 4. The van der Waals surface area contributed by atoms with Gasteiger partial charge >= 0.3 is 0 Å². The van der Waals surface area contributed by atoms with E-state index in [9.17, 15) is 4.79 Å². The van der Waals surface area contributed by atoms with E-state index < -0.39 is 0 Å². The Balaban J connectivity index is 1.32. The van der Waals surface area contributed by atoms with Gasteiger partial charge in [0.15, 0.2) is 0 Å². The van der Waals surface area contributed by atoms with Gasteiger partial charge in [-0.15, -0.1) is 0 Å². The molecule has 162 valence electrons. The number of carbonyl (C=O) groups excluding carboxylic acids is 1. The van der Waals surface area contributed by atoms with Crippen LogP contribution in [0, 0.1) is 13.8 Å². The van der Waals surface area contributed by atoms with Crippen molar-refractivity contribution in [2.45, 2.75) is 20.0 Å². The molecule has 2 heterocycles. The van der Waals surface area contributed by atoms with Crippen LogP contribution in [0.4, 0.5) is 0 Å². The molecule has 1 N–H and O–H groups in total. The van der Waals surface area contributed by atoms with E-state index in [0.29, 0.717) is 13.1 Å². The van der Waals surface area contributed by atoms with Crippen LogP contribution in [0.3, 0.4) is 0 Å². The molecule has 5 heteroatoms. The van der Waals surface area contributed by atoms with E-state index in [1.165, 1.54) is 22.3 Å². The second-order valence-electron chi connectivity index (χ2n) is 8.64. The van der Waals surface area contributed by atoms with Crippen molar-refractivity contribution in [2.75, 3.05) is 26.2 Å². The Hall–Kier alpha value is -3.44. The van der Waals surface area contributed by atoms with Crippen LogP contribution in [0.1, 0.15) is 44.3 Å². The standard InChI is InChI=1S/C27H28N4O/c1-19-7-11-21(12-8-19)25-23-5-3-4-6-24(23)26(29-28-25)30-15-17-31(18-16-30)27(32)22-13-9-20(2)10-14-22/h3-14,26,29H,15-18H2,1-2H3. The van der Waals surface area contributed by atoms with E-state index in [4.69, 9.17) is 5.10 Å². The summed E-state index contributed by atoms with van der Waals surface area (Å²) in [5.74, 6) is 0.112. The van der Waals surface area contributed by atoms with Crippen molar-refractivity contribution in [3.8, 4) is 0 Å². The molecule has 1 amide bonds. The number of nitrogens with one attached hydrogen (secondary N) is 1.